The lowest BCUT2D eigenvalue weighted by atomic mass is 10.2. The number of rotatable bonds is 5. The Kier molecular flexibility index (Phi) is 4.20. The van der Waals surface area contributed by atoms with Gasteiger partial charge in [0.2, 0.25) is 0 Å². The summed E-state index contributed by atoms with van der Waals surface area (Å²) in [6.07, 6.45) is 6.68. The molecule has 0 unspecified atom stereocenters. The summed E-state index contributed by atoms with van der Waals surface area (Å²) in [5, 5.41) is 5.23. The second-order valence-electron chi connectivity index (χ2n) is 7.19. The van der Waals surface area contributed by atoms with Crippen LogP contribution in [-0.4, -0.2) is 26.6 Å². The number of aromatic nitrogens is 3. The lowest BCUT2D eigenvalue weighted by Crippen LogP contribution is -2.29. The molecule has 1 aliphatic carbocycles. The first-order chi connectivity index (χ1) is 13.3. The highest BCUT2D eigenvalue weighted by Gasteiger charge is 2.24. The maximum atomic E-state index is 12.9. The predicted molar refractivity (Wildman–Crippen MR) is 109 cm³/mol. The molecule has 0 atom stereocenters. The first-order valence-corrected chi connectivity index (χ1v) is 10.5. The van der Waals surface area contributed by atoms with Gasteiger partial charge in [0.05, 0.1) is 27.6 Å². The molecule has 1 fully saturated rings. The van der Waals surface area contributed by atoms with E-state index < -0.39 is 0 Å². The Balaban J connectivity index is 1.34. The van der Waals surface area contributed by atoms with Crippen LogP contribution >= 0.6 is 11.3 Å². The fourth-order valence-electron chi connectivity index (χ4n) is 4.24. The zero-order valence-corrected chi connectivity index (χ0v) is 15.9. The van der Waals surface area contributed by atoms with Crippen molar-refractivity contribution >= 4 is 38.5 Å². The highest BCUT2D eigenvalue weighted by molar-refractivity contribution is 7.17. The van der Waals surface area contributed by atoms with Gasteiger partial charge in [-0.1, -0.05) is 25.0 Å². The number of hydrogen-bond acceptors (Lipinski definition) is 3. The third-order valence-corrected chi connectivity index (χ3v) is 6.40. The molecule has 0 spiro atoms. The van der Waals surface area contributed by atoms with Gasteiger partial charge in [-0.2, -0.15) is 0 Å². The molecule has 1 N–H and O–H groups in total. The molecule has 6 heteroatoms. The van der Waals surface area contributed by atoms with Crippen molar-refractivity contribution in [1.29, 1.82) is 0 Å². The average molecular weight is 379 g/mol. The molecule has 3 aromatic heterocycles. The summed E-state index contributed by atoms with van der Waals surface area (Å²) in [6, 6.07) is 12.7. The summed E-state index contributed by atoms with van der Waals surface area (Å²) in [4.78, 5) is 17.3. The van der Waals surface area contributed by atoms with E-state index >= 15 is 0 Å². The van der Waals surface area contributed by atoms with Gasteiger partial charge in [-0.25, -0.2) is 4.98 Å². The second-order valence-corrected chi connectivity index (χ2v) is 8.14. The van der Waals surface area contributed by atoms with Crippen LogP contribution in [0, 0.1) is 0 Å². The van der Waals surface area contributed by atoms with Gasteiger partial charge in [0.15, 0.2) is 0 Å². The summed E-state index contributed by atoms with van der Waals surface area (Å²) < 4.78 is 5.57. The van der Waals surface area contributed by atoms with E-state index in [0.29, 0.717) is 19.1 Å². The molecule has 138 valence electrons. The van der Waals surface area contributed by atoms with E-state index in [-0.39, 0.29) is 5.91 Å². The van der Waals surface area contributed by atoms with E-state index in [9.17, 15) is 4.79 Å². The van der Waals surface area contributed by atoms with E-state index in [4.69, 9.17) is 0 Å². The molecule has 0 radical (unpaired) electrons. The number of thiophene rings is 1. The predicted octanol–water partition coefficient (Wildman–Crippen LogP) is 4.60. The number of fused-ring (bicyclic) bond motifs is 2. The van der Waals surface area contributed by atoms with Crippen molar-refractivity contribution in [1.82, 2.24) is 19.4 Å². The molecule has 1 aliphatic rings. The van der Waals surface area contributed by atoms with E-state index in [0.717, 1.165) is 16.7 Å². The first-order valence-electron chi connectivity index (χ1n) is 9.58. The topological polar surface area (TPSA) is 51.9 Å². The van der Waals surface area contributed by atoms with E-state index in [1.54, 1.807) is 11.3 Å². The zero-order chi connectivity index (χ0) is 18.2. The Morgan fingerprint density at radius 2 is 2.04 bits per heavy atom. The van der Waals surface area contributed by atoms with Gasteiger partial charge in [-0.3, -0.25) is 4.79 Å². The minimum atomic E-state index is 0.0229. The number of carbonyl (C=O) groups is 1. The Bertz CT molecular complexity index is 1100. The van der Waals surface area contributed by atoms with Crippen molar-refractivity contribution in [3.63, 3.8) is 0 Å². The Hall–Kier alpha value is -2.60. The molecule has 0 saturated heterocycles. The van der Waals surface area contributed by atoms with Gasteiger partial charge in [-0.15, -0.1) is 11.3 Å². The van der Waals surface area contributed by atoms with Gasteiger partial charge in [0, 0.05) is 19.1 Å². The van der Waals surface area contributed by atoms with Crippen LogP contribution < -0.4 is 5.32 Å². The summed E-state index contributed by atoms with van der Waals surface area (Å²) >= 11 is 1.71. The molecular weight excluding hydrogens is 356 g/mol. The monoisotopic (exact) mass is 378 g/mol. The lowest BCUT2D eigenvalue weighted by Gasteiger charge is -2.17. The quantitative estimate of drug-likeness (QED) is 0.552. The smallest absolute Gasteiger partial charge is 0.268 e. The molecule has 0 aliphatic heterocycles. The Morgan fingerprint density at radius 1 is 1.19 bits per heavy atom. The largest absolute Gasteiger partial charge is 0.349 e. The van der Waals surface area contributed by atoms with Crippen LogP contribution in [-0.2, 0) is 6.54 Å². The van der Waals surface area contributed by atoms with Crippen LogP contribution in [0.25, 0.3) is 21.3 Å². The maximum Gasteiger partial charge on any atom is 0.268 e. The number of carbonyl (C=O) groups excluding carboxylic acids is 1. The van der Waals surface area contributed by atoms with Gasteiger partial charge < -0.3 is 14.5 Å². The summed E-state index contributed by atoms with van der Waals surface area (Å²) in [5.74, 6) is 0.0229. The molecule has 4 aromatic rings. The standard InChI is InChI=1S/C21H22N4OS/c26-21(22-10-11-24-14-23-16-7-3-4-8-17(16)24)19-13-20-18(9-12-27-20)25(19)15-5-1-2-6-15/h3-4,7-9,12-15H,1-2,5-6,10-11H2,(H,22,26). The van der Waals surface area contributed by atoms with Crippen LogP contribution in [0.3, 0.4) is 0 Å². The molecule has 1 aromatic carbocycles. The molecule has 5 nitrogen and oxygen atoms in total. The summed E-state index contributed by atoms with van der Waals surface area (Å²) in [7, 11) is 0. The van der Waals surface area contributed by atoms with Crippen molar-refractivity contribution < 1.29 is 4.79 Å². The van der Waals surface area contributed by atoms with Gasteiger partial charge >= 0.3 is 0 Å². The molecule has 0 bridgehead atoms. The molecule has 1 saturated carbocycles. The Morgan fingerprint density at radius 3 is 2.93 bits per heavy atom. The number of nitrogens with zero attached hydrogens (tertiary/aromatic N) is 3. The normalized spacial score (nSPS) is 15.1. The second kappa shape index (κ2) is 6.85. The molecular formula is C21H22N4OS. The fraction of sp³-hybridized carbons (Fsp3) is 0.333. The molecule has 3 heterocycles. The van der Waals surface area contributed by atoms with Gasteiger partial charge in [0.25, 0.3) is 5.91 Å². The van der Waals surface area contributed by atoms with Gasteiger partial charge in [0.1, 0.15) is 5.69 Å². The summed E-state index contributed by atoms with van der Waals surface area (Å²) in [6.45, 7) is 1.30. The fourth-order valence-corrected chi connectivity index (χ4v) is 5.05. The third-order valence-electron chi connectivity index (χ3n) is 5.55. The van der Waals surface area contributed by atoms with Crippen molar-refractivity contribution in [2.24, 2.45) is 0 Å². The van der Waals surface area contributed by atoms with Crippen LogP contribution in [0.15, 0.2) is 48.1 Å². The van der Waals surface area contributed by atoms with Crippen molar-refractivity contribution in [3.05, 3.63) is 53.8 Å². The SMILES string of the molecule is O=C(NCCn1cnc2ccccc21)c1cc2sccc2n1C1CCCC1. The third kappa shape index (κ3) is 2.94. The highest BCUT2D eigenvalue weighted by atomic mass is 32.1. The lowest BCUT2D eigenvalue weighted by molar-refractivity contribution is 0.0941. The molecule has 1 amide bonds. The van der Waals surface area contributed by atoms with E-state index in [1.165, 1.54) is 35.9 Å². The van der Waals surface area contributed by atoms with Crippen LogP contribution in [0.5, 0.6) is 0 Å². The van der Waals surface area contributed by atoms with Crippen LogP contribution in [0.2, 0.25) is 0 Å². The number of imidazole rings is 1. The van der Waals surface area contributed by atoms with E-state index in [1.807, 2.05) is 24.5 Å². The number of nitrogens with one attached hydrogen (secondary N) is 1. The van der Waals surface area contributed by atoms with Crippen molar-refractivity contribution in [2.75, 3.05) is 6.54 Å². The minimum Gasteiger partial charge on any atom is -0.349 e. The van der Waals surface area contributed by atoms with Crippen LogP contribution in [0.4, 0.5) is 0 Å². The zero-order valence-electron chi connectivity index (χ0n) is 15.1. The Labute approximate surface area is 161 Å². The molecule has 5 rings (SSSR count). The van der Waals surface area contributed by atoms with Crippen molar-refractivity contribution in [3.8, 4) is 0 Å². The van der Waals surface area contributed by atoms with Crippen molar-refractivity contribution in [2.45, 2.75) is 38.3 Å². The van der Waals surface area contributed by atoms with E-state index in [2.05, 4.69) is 43.0 Å². The first kappa shape index (κ1) is 16.6. The minimum absolute atomic E-state index is 0.0229. The number of hydrogen-bond donors (Lipinski definition) is 1. The molecule has 27 heavy (non-hydrogen) atoms. The number of amides is 1. The van der Waals surface area contributed by atoms with Crippen LogP contribution in [0.1, 0.15) is 42.2 Å². The number of para-hydroxylation sites is 2. The van der Waals surface area contributed by atoms with Gasteiger partial charge in [-0.05, 0) is 42.5 Å². The summed E-state index contributed by atoms with van der Waals surface area (Å²) in [5.41, 5.74) is 4.10. The average Bonchev–Trinajstić information content (AvgIpc) is 3.45. The maximum absolute atomic E-state index is 12.9. The highest BCUT2D eigenvalue weighted by Crippen LogP contribution is 2.36. The number of benzene rings is 1.